The Morgan fingerprint density at radius 3 is 2.42 bits per heavy atom. The van der Waals surface area contributed by atoms with Crippen LogP contribution in [0.4, 0.5) is 0 Å². The van der Waals surface area contributed by atoms with Crippen molar-refractivity contribution >= 4 is 0 Å². The van der Waals surface area contributed by atoms with E-state index in [-0.39, 0.29) is 0 Å². The second-order valence-electron chi connectivity index (χ2n) is 6.77. The van der Waals surface area contributed by atoms with Crippen molar-refractivity contribution in [1.29, 1.82) is 0 Å². The third-order valence-corrected chi connectivity index (χ3v) is 4.08. The van der Waals surface area contributed by atoms with E-state index in [2.05, 4.69) is 51.8 Å². The minimum atomic E-state index is 0.370. The SMILES string of the molecule is CCC1COC(C)CN1C(CNCC(C)C)C(C)C. The lowest BCUT2D eigenvalue weighted by Crippen LogP contribution is -2.57. The van der Waals surface area contributed by atoms with Gasteiger partial charge in [-0.15, -0.1) is 0 Å². The van der Waals surface area contributed by atoms with Crippen LogP contribution in [-0.4, -0.2) is 49.3 Å². The molecule has 0 spiro atoms. The summed E-state index contributed by atoms with van der Waals surface area (Å²) in [4.78, 5) is 2.69. The second-order valence-corrected chi connectivity index (χ2v) is 6.77. The Morgan fingerprint density at radius 1 is 1.21 bits per heavy atom. The van der Waals surface area contributed by atoms with Crippen LogP contribution >= 0.6 is 0 Å². The summed E-state index contributed by atoms with van der Waals surface area (Å²) in [5.74, 6) is 1.40. The van der Waals surface area contributed by atoms with Crippen molar-refractivity contribution in [2.75, 3.05) is 26.2 Å². The first-order chi connectivity index (χ1) is 8.95. The first kappa shape index (κ1) is 16.9. The Hall–Kier alpha value is -0.120. The van der Waals surface area contributed by atoms with Crippen LogP contribution in [0.5, 0.6) is 0 Å². The number of nitrogens with zero attached hydrogens (tertiary/aromatic N) is 1. The molecule has 1 N–H and O–H groups in total. The van der Waals surface area contributed by atoms with E-state index < -0.39 is 0 Å². The third kappa shape index (κ3) is 5.41. The van der Waals surface area contributed by atoms with E-state index in [4.69, 9.17) is 4.74 Å². The van der Waals surface area contributed by atoms with Crippen LogP contribution in [0.25, 0.3) is 0 Å². The van der Waals surface area contributed by atoms with Crippen LogP contribution in [-0.2, 0) is 4.74 Å². The molecular weight excluding hydrogens is 236 g/mol. The highest BCUT2D eigenvalue weighted by Crippen LogP contribution is 2.21. The molecule has 3 unspecified atom stereocenters. The van der Waals surface area contributed by atoms with Gasteiger partial charge < -0.3 is 10.1 Å². The normalized spacial score (nSPS) is 27.2. The van der Waals surface area contributed by atoms with Gasteiger partial charge >= 0.3 is 0 Å². The molecule has 1 saturated heterocycles. The van der Waals surface area contributed by atoms with Gasteiger partial charge in [0.05, 0.1) is 12.7 Å². The zero-order valence-corrected chi connectivity index (χ0v) is 13.8. The van der Waals surface area contributed by atoms with Crippen LogP contribution < -0.4 is 5.32 Å². The van der Waals surface area contributed by atoms with Crippen molar-refractivity contribution in [3.63, 3.8) is 0 Å². The molecule has 1 fully saturated rings. The van der Waals surface area contributed by atoms with Gasteiger partial charge in [-0.1, -0.05) is 34.6 Å². The summed E-state index contributed by atoms with van der Waals surface area (Å²) in [6, 6.07) is 1.21. The molecule has 1 aliphatic rings. The predicted octanol–water partition coefficient (Wildman–Crippen LogP) is 2.76. The average molecular weight is 270 g/mol. The van der Waals surface area contributed by atoms with Crippen molar-refractivity contribution in [2.45, 2.75) is 66.2 Å². The van der Waals surface area contributed by atoms with Crippen molar-refractivity contribution < 1.29 is 4.74 Å². The fourth-order valence-electron chi connectivity index (χ4n) is 2.88. The monoisotopic (exact) mass is 270 g/mol. The van der Waals surface area contributed by atoms with Gasteiger partial charge in [0.1, 0.15) is 0 Å². The molecular formula is C16H34N2O. The average Bonchev–Trinajstić information content (AvgIpc) is 2.34. The third-order valence-electron chi connectivity index (χ3n) is 4.08. The molecule has 3 heteroatoms. The fraction of sp³-hybridized carbons (Fsp3) is 1.00. The Kier molecular flexibility index (Phi) is 7.33. The van der Waals surface area contributed by atoms with Crippen molar-refractivity contribution in [1.82, 2.24) is 10.2 Å². The van der Waals surface area contributed by atoms with Gasteiger partial charge in [0.25, 0.3) is 0 Å². The molecule has 0 aliphatic carbocycles. The zero-order chi connectivity index (χ0) is 14.4. The molecule has 114 valence electrons. The molecule has 0 amide bonds. The molecule has 0 aromatic rings. The van der Waals surface area contributed by atoms with E-state index in [1.54, 1.807) is 0 Å². The zero-order valence-electron chi connectivity index (χ0n) is 13.8. The molecule has 3 nitrogen and oxygen atoms in total. The van der Waals surface area contributed by atoms with Crippen molar-refractivity contribution in [2.24, 2.45) is 11.8 Å². The largest absolute Gasteiger partial charge is 0.376 e. The van der Waals surface area contributed by atoms with E-state index in [0.717, 1.165) is 32.2 Å². The quantitative estimate of drug-likeness (QED) is 0.770. The van der Waals surface area contributed by atoms with Crippen molar-refractivity contribution in [3.8, 4) is 0 Å². The van der Waals surface area contributed by atoms with Gasteiger partial charge in [-0.05, 0) is 31.7 Å². The van der Waals surface area contributed by atoms with Crippen LogP contribution in [0.2, 0.25) is 0 Å². The Bertz CT molecular complexity index is 243. The number of hydrogen-bond acceptors (Lipinski definition) is 3. The van der Waals surface area contributed by atoms with Gasteiger partial charge in [0, 0.05) is 25.2 Å². The van der Waals surface area contributed by atoms with Crippen LogP contribution in [0.1, 0.15) is 48.0 Å². The van der Waals surface area contributed by atoms with E-state index >= 15 is 0 Å². The number of rotatable bonds is 7. The summed E-state index contributed by atoms with van der Waals surface area (Å²) in [7, 11) is 0. The van der Waals surface area contributed by atoms with E-state index in [1.807, 2.05) is 0 Å². The van der Waals surface area contributed by atoms with Gasteiger partial charge in [-0.3, -0.25) is 4.90 Å². The van der Waals surface area contributed by atoms with Gasteiger partial charge in [0.2, 0.25) is 0 Å². The highest BCUT2D eigenvalue weighted by Gasteiger charge is 2.32. The molecule has 1 rings (SSSR count). The molecule has 19 heavy (non-hydrogen) atoms. The lowest BCUT2D eigenvalue weighted by atomic mass is 9.97. The van der Waals surface area contributed by atoms with E-state index in [0.29, 0.717) is 24.1 Å². The number of nitrogens with one attached hydrogen (secondary N) is 1. The molecule has 0 saturated carbocycles. The maximum absolute atomic E-state index is 5.82. The maximum atomic E-state index is 5.82. The Balaban J connectivity index is 2.61. The smallest absolute Gasteiger partial charge is 0.0674 e. The van der Waals surface area contributed by atoms with Gasteiger partial charge in [-0.2, -0.15) is 0 Å². The summed E-state index contributed by atoms with van der Waals surface area (Å²) in [5.41, 5.74) is 0. The summed E-state index contributed by atoms with van der Waals surface area (Å²) >= 11 is 0. The number of hydrogen-bond donors (Lipinski definition) is 1. The molecule has 0 aromatic carbocycles. The second kappa shape index (κ2) is 8.23. The predicted molar refractivity (Wildman–Crippen MR) is 82.5 cm³/mol. The maximum Gasteiger partial charge on any atom is 0.0674 e. The highest BCUT2D eigenvalue weighted by molar-refractivity contribution is 4.86. The lowest BCUT2D eigenvalue weighted by molar-refractivity contribution is -0.0789. The summed E-state index contributed by atoms with van der Waals surface area (Å²) in [6.07, 6.45) is 1.55. The first-order valence-electron chi connectivity index (χ1n) is 8.03. The Labute approximate surface area is 120 Å². The van der Waals surface area contributed by atoms with Crippen molar-refractivity contribution in [3.05, 3.63) is 0 Å². The highest BCUT2D eigenvalue weighted by atomic mass is 16.5. The van der Waals surface area contributed by atoms with Crippen LogP contribution in [0.15, 0.2) is 0 Å². The van der Waals surface area contributed by atoms with Gasteiger partial charge in [-0.25, -0.2) is 0 Å². The Morgan fingerprint density at radius 2 is 1.89 bits per heavy atom. The number of morpholine rings is 1. The molecule has 0 bridgehead atoms. The summed E-state index contributed by atoms with van der Waals surface area (Å²) in [6.45, 7) is 17.9. The molecule has 1 heterocycles. The first-order valence-corrected chi connectivity index (χ1v) is 8.03. The molecule has 0 aromatic heterocycles. The van der Waals surface area contributed by atoms with Gasteiger partial charge in [0.15, 0.2) is 0 Å². The van der Waals surface area contributed by atoms with E-state index in [1.165, 1.54) is 6.42 Å². The molecule has 1 aliphatic heterocycles. The topological polar surface area (TPSA) is 24.5 Å². The molecule has 3 atom stereocenters. The fourth-order valence-corrected chi connectivity index (χ4v) is 2.88. The standard InChI is InChI=1S/C16H34N2O/c1-7-15-11-19-14(6)10-18(15)16(13(4)5)9-17-8-12(2)3/h12-17H,7-11H2,1-6H3. The van der Waals surface area contributed by atoms with Crippen LogP contribution in [0.3, 0.4) is 0 Å². The summed E-state index contributed by atoms with van der Waals surface area (Å²) in [5, 5.41) is 3.64. The lowest BCUT2D eigenvalue weighted by Gasteiger charge is -2.45. The summed E-state index contributed by atoms with van der Waals surface area (Å²) < 4.78 is 5.82. The van der Waals surface area contributed by atoms with E-state index in [9.17, 15) is 0 Å². The molecule has 0 radical (unpaired) electrons. The minimum Gasteiger partial charge on any atom is -0.376 e. The minimum absolute atomic E-state index is 0.370. The number of ether oxygens (including phenoxy) is 1. The van der Waals surface area contributed by atoms with Crippen LogP contribution in [0, 0.1) is 11.8 Å².